The van der Waals surface area contributed by atoms with Gasteiger partial charge in [-0.05, 0) is 0 Å². The smallest absolute Gasteiger partial charge is 0.542 e. The summed E-state index contributed by atoms with van der Waals surface area (Å²) in [6.45, 7) is 0. The van der Waals surface area contributed by atoms with Crippen molar-refractivity contribution < 1.29 is 49.2 Å². The summed E-state index contributed by atoms with van der Waals surface area (Å²) in [5.74, 6) is -8.42. The summed E-state index contributed by atoms with van der Waals surface area (Å²) >= 11 is 0. The predicted molar refractivity (Wildman–Crippen MR) is 59.5 cm³/mol. The second-order valence-corrected chi connectivity index (χ2v) is 3.21. The molecule has 0 spiro atoms. The summed E-state index contributed by atoms with van der Waals surface area (Å²) in [6.07, 6.45) is -1.94. The Morgan fingerprint density at radius 3 is 1.00 bits per heavy atom. The zero-order valence-corrected chi connectivity index (χ0v) is 14.2. The van der Waals surface area contributed by atoms with Crippen LogP contribution in [0.1, 0.15) is 25.7 Å². The van der Waals surface area contributed by atoms with Crippen LogP contribution in [0, 0.1) is 0 Å². The Morgan fingerprint density at radius 1 is 0.619 bits per heavy atom. The Morgan fingerprint density at radius 2 is 0.857 bits per heavy atom. The van der Waals surface area contributed by atoms with Crippen LogP contribution in [0.2, 0.25) is 0 Å². The van der Waals surface area contributed by atoms with Crippen LogP contribution in [0.25, 0.3) is 0 Å². The van der Waals surface area contributed by atoms with E-state index in [2.05, 4.69) is 0 Å². The molecule has 11 heteroatoms. The predicted octanol–water partition coefficient (Wildman–Crippen LogP) is -4.04. The van der Waals surface area contributed by atoms with Gasteiger partial charge in [-0.25, -0.2) is 0 Å². The molecule has 0 rings (SSSR count). The molecule has 0 bridgehead atoms. The van der Waals surface area contributed by atoms with Gasteiger partial charge in [0.2, 0.25) is 0 Å². The molecule has 0 radical (unpaired) electrons. The van der Waals surface area contributed by atoms with Crippen LogP contribution in [-0.2, 0) is 28.8 Å². The van der Waals surface area contributed by atoms with Gasteiger partial charge < -0.3 is 30.0 Å². The zero-order chi connectivity index (χ0) is 16.3. The maximum atomic E-state index is 10.1. The molecule has 0 saturated heterocycles. The normalized spacial score (nSPS) is 8.38. The molecule has 112 valence electrons. The van der Waals surface area contributed by atoms with Crippen molar-refractivity contribution in [2.45, 2.75) is 25.7 Å². The third-order valence-electron chi connectivity index (χ3n) is 1.59. The molecule has 0 aromatic carbocycles. The summed E-state index contributed by atoms with van der Waals surface area (Å²) in [7, 11) is 0. The number of rotatable bonds is 8. The number of carboxylic acids is 4. The van der Waals surface area contributed by atoms with Crippen molar-refractivity contribution in [3.63, 3.8) is 0 Å². The van der Waals surface area contributed by atoms with Crippen molar-refractivity contribution in [2.24, 2.45) is 0 Å². The van der Waals surface area contributed by atoms with Gasteiger partial charge in [-0.1, -0.05) is 0 Å². The van der Waals surface area contributed by atoms with Gasteiger partial charge in [-0.3, -0.25) is 19.2 Å². The van der Waals surface area contributed by atoms with Crippen molar-refractivity contribution in [3.8, 4) is 0 Å². The summed E-state index contributed by atoms with van der Waals surface area (Å²) < 4.78 is 0. The molecule has 0 atom stereocenters. The van der Waals surface area contributed by atoms with E-state index in [1.807, 2.05) is 0 Å². The standard InChI is InChI=1S/2C5H6O5.Sr/c2*6-3(5(9)10)1-2-4(7)8;/h2*1-2H2,(H,7,8)(H,9,10);/q;;+2/p-2. The van der Waals surface area contributed by atoms with Crippen molar-refractivity contribution >= 4 is 80.9 Å². The fourth-order valence-electron chi connectivity index (χ4n) is 0.645. The van der Waals surface area contributed by atoms with Gasteiger partial charge in [-0.15, -0.1) is 0 Å². The van der Waals surface area contributed by atoms with Gasteiger partial charge in [0.15, 0.2) is 11.6 Å². The number of carbonyl (C=O) groups excluding carboxylic acids is 4. The maximum Gasteiger partial charge on any atom is 2.00 e. The van der Waals surface area contributed by atoms with E-state index >= 15 is 0 Å². The van der Waals surface area contributed by atoms with Gasteiger partial charge in [0.1, 0.15) is 11.9 Å². The Hall–Kier alpha value is -1.30. The van der Waals surface area contributed by atoms with E-state index in [1.165, 1.54) is 0 Å². The van der Waals surface area contributed by atoms with Gasteiger partial charge in [0.25, 0.3) is 0 Å². The minimum absolute atomic E-state index is 0. The molecule has 10 nitrogen and oxygen atoms in total. The van der Waals surface area contributed by atoms with E-state index < -0.39 is 61.1 Å². The molecule has 0 amide bonds. The zero-order valence-electron chi connectivity index (χ0n) is 10.7. The van der Waals surface area contributed by atoms with E-state index in [0.29, 0.717) is 0 Å². The first-order chi connectivity index (χ1) is 9.07. The third-order valence-corrected chi connectivity index (χ3v) is 1.59. The molecule has 0 aliphatic carbocycles. The van der Waals surface area contributed by atoms with E-state index in [0.717, 1.165) is 0 Å². The number of hydrogen-bond donors (Lipinski definition) is 2. The van der Waals surface area contributed by atoms with Crippen molar-refractivity contribution in [2.75, 3.05) is 0 Å². The van der Waals surface area contributed by atoms with Crippen LogP contribution < -0.4 is 10.2 Å². The average Bonchev–Trinajstić information content (AvgIpc) is 2.33. The monoisotopic (exact) mass is 378 g/mol. The van der Waals surface area contributed by atoms with Crippen LogP contribution in [0.3, 0.4) is 0 Å². The van der Waals surface area contributed by atoms with Crippen LogP contribution in [0.5, 0.6) is 0 Å². The number of aliphatic carboxylic acids is 4. The minimum atomic E-state index is -1.83. The van der Waals surface area contributed by atoms with E-state index in [1.54, 1.807) is 0 Å². The minimum Gasteiger partial charge on any atom is -0.542 e. The van der Waals surface area contributed by atoms with E-state index in [-0.39, 0.29) is 45.5 Å². The molecular formula is C10H10O10Sr. The van der Waals surface area contributed by atoms with Crippen LogP contribution in [-0.4, -0.2) is 91.1 Å². The van der Waals surface area contributed by atoms with Crippen molar-refractivity contribution in [1.29, 1.82) is 0 Å². The number of carboxylic acid groups (broad SMARTS) is 4. The Kier molecular flexibility index (Phi) is 16.1. The van der Waals surface area contributed by atoms with Gasteiger partial charge in [0.05, 0.1) is 12.8 Å². The van der Waals surface area contributed by atoms with Crippen molar-refractivity contribution in [3.05, 3.63) is 0 Å². The molecule has 0 fully saturated rings. The number of ketones is 2. The first-order valence-corrected chi connectivity index (χ1v) is 4.99. The summed E-state index contributed by atoms with van der Waals surface area (Å²) in [4.78, 5) is 59.1. The van der Waals surface area contributed by atoms with Gasteiger partial charge in [-0.2, -0.15) is 0 Å². The SMILES string of the molecule is O=C(O)CCC(=O)C(=O)[O-].O=C(O)CCC(=O)C(=O)[O-].[Sr+2]. The molecule has 0 aromatic rings. The second kappa shape index (κ2) is 13.7. The van der Waals surface area contributed by atoms with Gasteiger partial charge >= 0.3 is 57.4 Å². The molecule has 0 saturated carbocycles. The largest absolute Gasteiger partial charge is 2.00 e. The van der Waals surface area contributed by atoms with Crippen LogP contribution in [0.15, 0.2) is 0 Å². The van der Waals surface area contributed by atoms with E-state index in [9.17, 15) is 39.0 Å². The fraction of sp³-hybridized carbons (Fsp3) is 0.400. The molecule has 0 unspecified atom stereocenters. The average molecular weight is 378 g/mol. The molecule has 0 aliphatic rings. The first kappa shape index (κ1) is 24.7. The number of carbonyl (C=O) groups is 6. The summed E-state index contributed by atoms with van der Waals surface area (Å²) in [6, 6.07) is 0. The Labute approximate surface area is 155 Å². The Bertz CT molecular complexity index is 388. The molecule has 0 heterocycles. The molecule has 2 N–H and O–H groups in total. The Balaban J connectivity index is -0.000000295. The van der Waals surface area contributed by atoms with Crippen LogP contribution >= 0.6 is 0 Å². The second-order valence-electron chi connectivity index (χ2n) is 3.21. The first-order valence-electron chi connectivity index (χ1n) is 4.99. The van der Waals surface area contributed by atoms with E-state index in [4.69, 9.17) is 10.2 Å². The number of hydrogen-bond acceptors (Lipinski definition) is 8. The maximum absolute atomic E-state index is 10.1. The third kappa shape index (κ3) is 18.7. The van der Waals surface area contributed by atoms with Crippen LogP contribution in [0.4, 0.5) is 0 Å². The summed E-state index contributed by atoms with van der Waals surface area (Å²) in [5.41, 5.74) is 0. The number of Topliss-reactive ketones (excluding diaryl/α,β-unsaturated/α-hetero) is 2. The molecule has 21 heavy (non-hydrogen) atoms. The molecule has 0 aromatic heterocycles. The quantitative estimate of drug-likeness (QED) is 0.311. The molecular weight excluding hydrogens is 368 g/mol. The fourth-order valence-corrected chi connectivity index (χ4v) is 0.645. The van der Waals surface area contributed by atoms with Gasteiger partial charge in [0, 0.05) is 12.8 Å². The van der Waals surface area contributed by atoms with Crippen molar-refractivity contribution in [1.82, 2.24) is 0 Å². The molecule has 0 aliphatic heterocycles. The summed E-state index contributed by atoms with van der Waals surface area (Å²) in [5, 5.41) is 35.3. The topological polar surface area (TPSA) is 189 Å².